The first-order valence-corrected chi connectivity index (χ1v) is 9.93. The minimum absolute atomic E-state index is 0. The van der Waals surface area contributed by atoms with E-state index in [1.54, 1.807) is 28.2 Å². The van der Waals surface area contributed by atoms with Crippen molar-refractivity contribution in [3.63, 3.8) is 0 Å². The second kappa shape index (κ2) is 49.1. The Morgan fingerprint density at radius 2 is 0.562 bits per heavy atom. The van der Waals surface area contributed by atoms with Crippen molar-refractivity contribution < 1.29 is 87.2 Å². The molecule has 0 saturated heterocycles. The summed E-state index contributed by atoms with van der Waals surface area (Å²) >= 11 is 18.3. The molecule has 0 aliphatic heterocycles. The summed E-state index contributed by atoms with van der Waals surface area (Å²) in [7, 11) is 6.44. The van der Waals surface area contributed by atoms with Gasteiger partial charge in [-0.25, -0.2) is 0 Å². The Labute approximate surface area is 258 Å². The van der Waals surface area contributed by atoms with Crippen LogP contribution in [0.4, 0.5) is 0 Å². The van der Waals surface area contributed by atoms with Crippen LogP contribution in [-0.4, -0.2) is 75.5 Å². The van der Waals surface area contributed by atoms with Gasteiger partial charge in [-0.15, -0.1) is 0 Å². The average molecular weight is 727 g/mol. The van der Waals surface area contributed by atoms with Gasteiger partial charge in [-0.3, -0.25) is 20.0 Å². The van der Waals surface area contributed by atoms with Crippen LogP contribution in [0.1, 0.15) is 27.7 Å². The minimum atomic E-state index is 0. The van der Waals surface area contributed by atoms with Crippen molar-refractivity contribution in [2.45, 2.75) is 27.7 Å². The molecule has 0 spiro atoms. The summed E-state index contributed by atoms with van der Waals surface area (Å²) in [6.45, 7) is 9.92. The maximum Gasteiger partial charge on any atom is 1.00 e. The fourth-order valence-corrected chi connectivity index (χ4v) is 1.22. The van der Waals surface area contributed by atoms with Crippen LogP contribution in [0.2, 0.25) is 0 Å². The molecule has 0 aliphatic rings. The topological polar surface area (TPSA) is 86.4 Å². The molecule has 0 radical (unpaired) electrons. The first kappa shape index (κ1) is 54.0. The van der Waals surface area contributed by atoms with E-state index in [1.165, 1.54) is 0 Å². The van der Waals surface area contributed by atoms with E-state index in [0.717, 1.165) is 0 Å². The van der Waals surface area contributed by atoms with Gasteiger partial charge >= 0.3 is 68.3 Å². The molecule has 208 valence electrons. The molecule has 0 aromatic heterocycles. The van der Waals surface area contributed by atoms with Crippen LogP contribution in [0.3, 0.4) is 0 Å². The van der Waals surface area contributed by atoms with Crippen molar-refractivity contribution in [1.29, 1.82) is 0 Å². The summed E-state index contributed by atoms with van der Waals surface area (Å²) < 4.78 is 19.0. The molecule has 0 unspecified atom stereocenters. The maximum atomic E-state index is 4.76. The summed E-state index contributed by atoms with van der Waals surface area (Å²) in [5.74, 6) is 0. The first-order chi connectivity index (χ1) is 13.2. The van der Waals surface area contributed by atoms with Crippen molar-refractivity contribution in [3.8, 4) is 0 Å². The molecule has 0 saturated carbocycles. The predicted octanol–water partition coefficient (Wildman–Crippen LogP) is 2.21. The van der Waals surface area contributed by atoms with Gasteiger partial charge in [0.1, 0.15) is 0 Å². The molecule has 8 nitrogen and oxygen atoms in total. The van der Waals surface area contributed by atoms with E-state index in [4.69, 9.17) is 18.9 Å². The van der Waals surface area contributed by atoms with Gasteiger partial charge in [-0.1, -0.05) is 0 Å². The summed E-state index contributed by atoms with van der Waals surface area (Å²) in [5, 5.41) is 1.34. The second-order valence-corrected chi connectivity index (χ2v) is 5.09. The largest absolute Gasteiger partial charge is 1.00 e. The van der Waals surface area contributed by atoms with E-state index in [0.29, 0.717) is 47.3 Å². The number of hydrogen-bond donors (Lipinski definition) is 0. The minimum Gasteiger partial charge on any atom is -0.722 e. The van der Waals surface area contributed by atoms with Crippen LogP contribution in [0.15, 0.2) is 20.0 Å². The zero-order valence-corrected chi connectivity index (χ0v) is 26.1. The van der Waals surface area contributed by atoms with Crippen LogP contribution in [0, 0.1) is 0 Å². The van der Waals surface area contributed by atoms with E-state index in [-0.39, 0.29) is 68.3 Å². The van der Waals surface area contributed by atoms with Crippen molar-refractivity contribution >= 4 is 71.4 Å². The molecule has 0 amide bonds. The fraction of sp³-hybridized carbons (Fsp3) is 0.750. The Hall–Kier alpha value is 0.838. The zero-order valence-electron chi connectivity index (χ0n) is 19.1. The van der Waals surface area contributed by atoms with Crippen LogP contribution >= 0.6 is 0 Å². The first-order valence-electron chi connectivity index (χ1n) is 8.30. The number of ether oxygens (including phenoxy) is 4. The van der Waals surface area contributed by atoms with Crippen molar-refractivity contribution in [3.05, 3.63) is 0 Å². The fourth-order valence-electron chi connectivity index (χ4n) is 0.752. The molecule has 0 N–H and O–H groups in total. The molecule has 32 heavy (non-hydrogen) atoms. The SMILES string of the molecule is CCOC([S-])=NC.CCOC([S-])=NC.CCOC([S-])=NC.CCOC([S-])=NC.[Cu+].[Cu+].[Cu+].[Cu+]. The third-order valence-corrected chi connectivity index (χ3v) is 3.00. The van der Waals surface area contributed by atoms with Gasteiger partial charge in [-0.05, 0) is 27.7 Å². The Bertz CT molecular complexity index is 386. The van der Waals surface area contributed by atoms with E-state index in [1.807, 2.05) is 27.7 Å². The third kappa shape index (κ3) is 63.2. The van der Waals surface area contributed by atoms with Crippen LogP contribution in [0.25, 0.3) is 0 Å². The Morgan fingerprint density at radius 1 is 0.438 bits per heavy atom. The van der Waals surface area contributed by atoms with Crippen LogP contribution < -0.4 is 0 Å². The second-order valence-electron chi connectivity index (χ2n) is 3.69. The van der Waals surface area contributed by atoms with Crippen molar-refractivity contribution in [2.24, 2.45) is 20.0 Å². The van der Waals surface area contributed by atoms with E-state index >= 15 is 0 Å². The monoisotopic (exact) mass is 724 g/mol. The van der Waals surface area contributed by atoms with Gasteiger partial charge in [0, 0.05) is 28.2 Å². The normalized spacial score (nSPS) is 10.0. The van der Waals surface area contributed by atoms with Gasteiger partial charge < -0.3 is 69.5 Å². The van der Waals surface area contributed by atoms with Gasteiger partial charge in [0.25, 0.3) is 0 Å². The summed E-state index contributed by atoms with van der Waals surface area (Å²) in [6.07, 6.45) is 0. The molecule has 0 aliphatic carbocycles. The smallest absolute Gasteiger partial charge is 0.722 e. The van der Waals surface area contributed by atoms with Gasteiger partial charge in [0.15, 0.2) is 0 Å². The number of rotatable bonds is 4. The van der Waals surface area contributed by atoms with E-state index in [9.17, 15) is 0 Å². The number of aliphatic imine (C=N–C) groups is 4. The van der Waals surface area contributed by atoms with E-state index in [2.05, 4.69) is 70.5 Å². The molecule has 0 rings (SSSR count). The summed E-state index contributed by atoms with van der Waals surface area (Å²) in [5.41, 5.74) is 0. The molecule has 16 heteroatoms. The zero-order chi connectivity index (χ0) is 22.8. The standard InChI is InChI=1S/4C4H9NOS.4Cu/c4*1-3-6-4(7)5-2;;;;/h4*3H2,1-2H3,(H,5,7);;;;/q;;;;4*+1/p-4. The van der Waals surface area contributed by atoms with Gasteiger partial charge in [0.2, 0.25) is 0 Å². The summed E-state index contributed by atoms with van der Waals surface area (Å²) in [6, 6.07) is 0. The molecular weight excluding hydrogens is 695 g/mol. The third-order valence-electron chi connectivity index (χ3n) is 1.80. The molecule has 0 aromatic carbocycles. The Morgan fingerprint density at radius 3 is 0.594 bits per heavy atom. The van der Waals surface area contributed by atoms with Gasteiger partial charge in [0.05, 0.1) is 47.3 Å². The van der Waals surface area contributed by atoms with E-state index < -0.39 is 0 Å². The summed E-state index contributed by atoms with van der Waals surface area (Å²) in [4.78, 5) is 14.3. The molecule has 0 heterocycles. The van der Waals surface area contributed by atoms with Crippen LogP contribution in [0.5, 0.6) is 0 Å². The van der Waals surface area contributed by atoms with Crippen molar-refractivity contribution in [2.75, 3.05) is 54.6 Å². The predicted molar refractivity (Wildman–Crippen MR) is 129 cm³/mol. The number of nitrogens with zero attached hydrogens (tertiary/aromatic N) is 4. The van der Waals surface area contributed by atoms with Crippen molar-refractivity contribution in [1.82, 2.24) is 0 Å². The van der Waals surface area contributed by atoms with Crippen LogP contribution in [-0.2, 0) is 138 Å². The Balaban J connectivity index is -0.0000000384. The van der Waals surface area contributed by atoms with Gasteiger partial charge in [-0.2, -0.15) is 0 Å². The quantitative estimate of drug-likeness (QED) is 0.189. The molecule has 0 aromatic rings. The number of hydrogen-bond acceptors (Lipinski definition) is 12. The Kier molecular flexibility index (Phi) is 82.8. The average Bonchev–Trinajstić information content (AvgIpc) is 2.70. The molecule has 0 bridgehead atoms. The maximum absolute atomic E-state index is 4.76. The molecule has 0 fully saturated rings. The molecular formula is C16H32Cu4N4O4S4. The molecule has 0 atom stereocenters.